The molecule has 1 heterocycles. The van der Waals surface area contributed by atoms with Crippen molar-refractivity contribution in [3.63, 3.8) is 0 Å². The third-order valence-corrected chi connectivity index (χ3v) is 3.77. The number of aromatic amines is 1. The summed E-state index contributed by atoms with van der Waals surface area (Å²) >= 11 is 0. The monoisotopic (exact) mass is 417 g/mol. The Kier molecular flexibility index (Phi) is 4.73. The van der Waals surface area contributed by atoms with E-state index in [1.165, 1.54) is 18.2 Å². The summed E-state index contributed by atoms with van der Waals surface area (Å²) in [6.45, 7) is 0. The summed E-state index contributed by atoms with van der Waals surface area (Å²) in [6.07, 6.45) is -10.2. The number of amides is 1. The number of para-hydroxylation sites is 1. The summed E-state index contributed by atoms with van der Waals surface area (Å²) in [7, 11) is 0. The molecule has 2 aromatic carbocycles. The van der Waals surface area contributed by atoms with E-state index in [2.05, 4.69) is 9.97 Å². The Morgan fingerprint density at radius 1 is 1.00 bits per heavy atom. The van der Waals surface area contributed by atoms with E-state index < -0.39 is 46.3 Å². The summed E-state index contributed by atoms with van der Waals surface area (Å²) in [5.41, 5.74) is -6.11. The number of anilines is 1. The van der Waals surface area contributed by atoms with E-state index in [9.17, 15) is 41.0 Å². The van der Waals surface area contributed by atoms with Crippen LogP contribution in [0.25, 0.3) is 11.0 Å². The minimum Gasteiger partial charge on any atom is -0.506 e. The molecule has 0 bridgehead atoms. The molecular weight excluding hydrogens is 408 g/mol. The van der Waals surface area contributed by atoms with Crippen LogP contribution >= 0.6 is 0 Å². The molecule has 0 fully saturated rings. The molecule has 1 aromatic heterocycles. The number of phenols is 1. The highest BCUT2D eigenvalue weighted by atomic mass is 19.4. The second-order valence-corrected chi connectivity index (χ2v) is 5.83. The van der Waals surface area contributed by atoms with Crippen molar-refractivity contribution >= 4 is 22.6 Å². The number of rotatable bonds is 2. The second kappa shape index (κ2) is 6.79. The number of benzene rings is 2. The Bertz CT molecular complexity index is 1140. The number of H-pyrrole nitrogens is 1. The van der Waals surface area contributed by atoms with Gasteiger partial charge in [0.2, 0.25) is 0 Å². The summed E-state index contributed by atoms with van der Waals surface area (Å²) < 4.78 is 77.4. The lowest BCUT2D eigenvalue weighted by molar-refractivity contribution is -0.143. The summed E-state index contributed by atoms with van der Waals surface area (Å²) in [5, 5.41) is 11.5. The van der Waals surface area contributed by atoms with E-state index in [0.717, 1.165) is 0 Å². The normalized spacial score (nSPS) is 12.2. The molecule has 0 radical (unpaired) electrons. The van der Waals surface area contributed by atoms with Gasteiger partial charge in [-0.2, -0.15) is 26.3 Å². The number of alkyl halides is 6. The van der Waals surface area contributed by atoms with Crippen molar-refractivity contribution in [2.45, 2.75) is 12.4 Å². The number of nitrogens with zero attached hydrogens (tertiary/aromatic N) is 1. The van der Waals surface area contributed by atoms with Crippen LogP contribution in [-0.2, 0) is 12.4 Å². The molecular formula is C17H9F6N3O3. The Labute approximate surface area is 156 Å². The highest BCUT2D eigenvalue weighted by Gasteiger charge is 2.37. The van der Waals surface area contributed by atoms with Gasteiger partial charge in [-0.15, -0.1) is 0 Å². The Hall–Kier alpha value is -3.57. The average Bonchev–Trinajstić information content (AvgIpc) is 2.60. The fourth-order valence-electron chi connectivity index (χ4n) is 2.46. The lowest BCUT2D eigenvalue weighted by Gasteiger charge is -2.14. The van der Waals surface area contributed by atoms with E-state index in [4.69, 9.17) is 0 Å². The summed E-state index contributed by atoms with van der Waals surface area (Å²) in [5.74, 6) is -1.67. The molecule has 0 spiro atoms. The maximum absolute atomic E-state index is 12.9. The quantitative estimate of drug-likeness (QED) is 0.551. The van der Waals surface area contributed by atoms with E-state index >= 15 is 0 Å². The SMILES string of the molecule is O=C(Nc1cc(C(F)(F)F)cc(C(F)(F)F)c1)c1nc2cccc(O)c2[nH]c1=O. The number of fused-ring (bicyclic) bond motifs is 1. The number of nitrogens with one attached hydrogen (secondary N) is 2. The highest BCUT2D eigenvalue weighted by molar-refractivity contribution is 6.03. The molecule has 3 N–H and O–H groups in total. The highest BCUT2D eigenvalue weighted by Crippen LogP contribution is 2.37. The first-order valence-corrected chi connectivity index (χ1v) is 7.69. The zero-order valence-corrected chi connectivity index (χ0v) is 13.9. The lowest BCUT2D eigenvalue weighted by atomic mass is 10.1. The molecule has 3 aromatic rings. The molecule has 29 heavy (non-hydrogen) atoms. The second-order valence-electron chi connectivity index (χ2n) is 5.83. The van der Waals surface area contributed by atoms with Gasteiger partial charge in [0.15, 0.2) is 5.69 Å². The summed E-state index contributed by atoms with van der Waals surface area (Å²) in [4.78, 5) is 30.2. The van der Waals surface area contributed by atoms with Crippen LogP contribution in [0.5, 0.6) is 5.75 Å². The number of phenolic OH excluding ortho intramolecular Hbond substituents is 1. The van der Waals surface area contributed by atoms with Crippen molar-refractivity contribution in [1.29, 1.82) is 0 Å². The van der Waals surface area contributed by atoms with Crippen LogP contribution in [0.2, 0.25) is 0 Å². The third kappa shape index (κ3) is 4.15. The van der Waals surface area contributed by atoms with Gasteiger partial charge in [0.05, 0.1) is 16.6 Å². The maximum atomic E-state index is 12.9. The van der Waals surface area contributed by atoms with Gasteiger partial charge in [-0.1, -0.05) is 6.07 Å². The number of halogens is 6. The van der Waals surface area contributed by atoms with E-state index in [1.807, 2.05) is 5.32 Å². The van der Waals surface area contributed by atoms with E-state index in [1.54, 1.807) is 0 Å². The smallest absolute Gasteiger partial charge is 0.416 e. The van der Waals surface area contributed by atoms with Gasteiger partial charge < -0.3 is 15.4 Å². The number of hydrogen-bond donors (Lipinski definition) is 3. The molecule has 6 nitrogen and oxygen atoms in total. The van der Waals surface area contributed by atoms with Gasteiger partial charge in [0.1, 0.15) is 11.3 Å². The molecule has 0 unspecified atom stereocenters. The van der Waals surface area contributed by atoms with Gasteiger partial charge in [-0.3, -0.25) is 9.59 Å². The van der Waals surface area contributed by atoms with Gasteiger partial charge in [0, 0.05) is 5.69 Å². The van der Waals surface area contributed by atoms with Crippen LogP contribution in [0.4, 0.5) is 32.0 Å². The molecule has 3 rings (SSSR count). The van der Waals surface area contributed by atoms with Crippen molar-refractivity contribution in [2.75, 3.05) is 5.32 Å². The Morgan fingerprint density at radius 2 is 1.59 bits per heavy atom. The van der Waals surface area contributed by atoms with Crippen molar-refractivity contribution < 1.29 is 36.2 Å². The molecule has 0 aliphatic heterocycles. The van der Waals surface area contributed by atoms with Gasteiger partial charge in [-0.05, 0) is 30.3 Å². The lowest BCUT2D eigenvalue weighted by Crippen LogP contribution is -2.25. The number of aromatic hydroxyl groups is 1. The number of hydrogen-bond acceptors (Lipinski definition) is 4. The standard InChI is InChI=1S/C17H9F6N3O3/c18-16(19,20)7-4-8(17(21,22)23)6-9(5-7)24-14(28)13-15(29)26-12-10(25-13)2-1-3-11(12)27/h1-6,27H,(H,24,28)(H,26,29). The topological polar surface area (TPSA) is 95.1 Å². The molecule has 0 aliphatic carbocycles. The van der Waals surface area contributed by atoms with Crippen LogP contribution < -0.4 is 10.9 Å². The zero-order valence-electron chi connectivity index (χ0n) is 13.9. The average molecular weight is 417 g/mol. The number of aromatic nitrogens is 2. The van der Waals surface area contributed by atoms with E-state index in [0.29, 0.717) is 12.1 Å². The number of carbonyl (C=O) groups excluding carboxylic acids is 1. The van der Waals surface area contributed by atoms with Crippen LogP contribution in [0.3, 0.4) is 0 Å². The van der Waals surface area contributed by atoms with E-state index in [-0.39, 0.29) is 22.8 Å². The van der Waals surface area contributed by atoms with Crippen LogP contribution in [0.1, 0.15) is 21.6 Å². The van der Waals surface area contributed by atoms with Crippen molar-refractivity contribution in [1.82, 2.24) is 9.97 Å². The predicted octanol–water partition coefficient (Wildman–Crippen LogP) is 3.92. The maximum Gasteiger partial charge on any atom is 0.416 e. The minimum atomic E-state index is -5.10. The molecule has 0 saturated carbocycles. The van der Waals surface area contributed by atoms with Crippen molar-refractivity contribution in [3.8, 4) is 5.75 Å². The van der Waals surface area contributed by atoms with Crippen molar-refractivity contribution in [3.05, 3.63) is 63.6 Å². The largest absolute Gasteiger partial charge is 0.506 e. The first kappa shape index (κ1) is 20.2. The Balaban J connectivity index is 2.04. The molecule has 152 valence electrons. The third-order valence-electron chi connectivity index (χ3n) is 3.77. The van der Waals surface area contributed by atoms with Crippen LogP contribution in [0, 0.1) is 0 Å². The molecule has 0 saturated heterocycles. The molecule has 1 amide bonds. The van der Waals surface area contributed by atoms with Gasteiger partial charge in [0.25, 0.3) is 11.5 Å². The zero-order chi connectivity index (χ0) is 21.6. The molecule has 0 atom stereocenters. The molecule has 0 aliphatic rings. The minimum absolute atomic E-state index is 0.0187. The van der Waals surface area contributed by atoms with Gasteiger partial charge in [-0.25, -0.2) is 4.98 Å². The van der Waals surface area contributed by atoms with Crippen LogP contribution in [-0.4, -0.2) is 21.0 Å². The first-order chi connectivity index (χ1) is 13.4. The van der Waals surface area contributed by atoms with Gasteiger partial charge >= 0.3 is 12.4 Å². The number of carbonyl (C=O) groups is 1. The fraction of sp³-hybridized carbons (Fsp3) is 0.118. The Morgan fingerprint density at radius 3 is 2.14 bits per heavy atom. The molecule has 12 heteroatoms. The first-order valence-electron chi connectivity index (χ1n) is 7.69. The summed E-state index contributed by atoms with van der Waals surface area (Å²) in [6, 6.07) is 4.42. The van der Waals surface area contributed by atoms with Crippen molar-refractivity contribution in [2.24, 2.45) is 0 Å². The van der Waals surface area contributed by atoms with Crippen LogP contribution in [0.15, 0.2) is 41.2 Å². The fourth-order valence-corrected chi connectivity index (χ4v) is 2.46. The predicted molar refractivity (Wildman–Crippen MR) is 88.4 cm³/mol.